The molecular weight excluding hydrogens is 356 g/mol. The van der Waals surface area contributed by atoms with E-state index in [2.05, 4.69) is 20.7 Å². The SMILES string of the molecule is FC(F)Oc1c(C(F)(F)F)cc(Br)cc1C(F)(F)F. The molecule has 0 heterocycles. The van der Waals surface area contributed by atoms with Gasteiger partial charge in [-0.1, -0.05) is 15.9 Å². The summed E-state index contributed by atoms with van der Waals surface area (Å²) in [5.41, 5.74) is -3.87. The fourth-order valence-electron chi connectivity index (χ4n) is 1.23. The Balaban J connectivity index is 3.58. The summed E-state index contributed by atoms with van der Waals surface area (Å²) in [6, 6.07) is 0.458. The van der Waals surface area contributed by atoms with Crippen LogP contribution in [-0.2, 0) is 12.4 Å². The molecule has 0 spiro atoms. The highest BCUT2D eigenvalue weighted by molar-refractivity contribution is 9.10. The van der Waals surface area contributed by atoms with Crippen LogP contribution in [-0.4, -0.2) is 6.61 Å². The molecule has 0 amide bonds. The maximum Gasteiger partial charge on any atom is 0.420 e. The van der Waals surface area contributed by atoms with Gasteiger partial charge in [0, 0.05) is 4.47 Å². The maximum absolute atomic E-state index is 12.5. The molecule has 1 aromatic carbocycles. The first-order chi connectivity index (χ1) is 8.43. The van der Waals surface area contributed by atoms with E-state index in [1.807, 2.05) is 0 Å². The molecule has 0 atom stereocenters. The van der Waals surface area contributed by atoms with Crippen molar-refractivity contribution in [3.8, 4) is 5.75 Å². The molecule has 1 aromatic rings. The van der Waals surface area contributed by atoms with Gasteiger partial charge < -0.3 is 4.74 Å². The summed E-state index contributed by atoms with van der Waals surface area (Å²) in [7, 11) is 0. The van der Waals surface area contributed by atoms with Crippen LogP contribution in [0.4, 0.5) is 35.1 Å². The van der Waals surface area contributed by atoms with Gasteiger partial charge in [0.15, 0.2) is 5.75 Å². The third-order valence-corrected chi connectivity index (χ3v) is 2.33. The second-order valence-corrected chi connectivity index (χ2v) is 4.12. The highest BCUT2D eigenvalue weighted by atomic mass is 79.9. The van der Waals surface area contributed by atoms with Crippen LogP contribution in [0.5, 0.6) is 5.75 Å². The summed E-state index contributed by atoms with van der Waals surface area (Å²) < 4.78 is 102. The molecule has 1 rings (SSSR count). The molecule has 0 unspecified atom stereocenters. The minimum atomic E-state index is -5.27. The fraction of sp³-hybridized carbons (Fsp3) is 0.333. The van der Waals surface area contributed by atoms with Crippen molar-refractivity contribution in [2.75, 3.05) is 0 Å². The van der Waals surface area contributed by atoms with Crippen LogP contribution < -0.4 is 4.74 Å². The third kappa shape index (κ3) is 3.95. The summed E-state index contributed by atoms with van der Waals surface area (Å²) >= 11 is 2.46. The second kappa shape index (κ2) is 5.14. The number of halogens is 9. The Morgan fingerprint density at radius 1 is 0.895 bits per heavy atom. The monoisotopic (exact) mass is 358 g/mol. The fourth-order valence-corrected chi connectivity index (χ4v) is 1.69. The minimum absolute atomic E-state index is 0.229. The first kappa shape index (κ1) is 16.0. The largest absolute Gasteiger partial charge is 0.434 e. The Labute approximate surface area is 109 Å². The van der Waals surface area contributed by atoms with Gasteiger partial charge in [0.2, 0.25) is 0 Å². The van der Waals surface area contributed by atoms with E-state index in [0.29, 0.717) is 0 Å². The van der Waals surface area contributed by atoms with Crippen LogP contribution in [0.25, 0.3) is 0 Å². The number of benzene rings is 1. The number of hydrogen-bond donors (Lipinski definition) is 0. The van der Waals surface area contributed by atoms with Crippen molar-refractivity contribution in [2.24, 2.45) is 0 Å². The van der Waals surface area contributed by atoms with E-state index in [9.17, 15) is 35.1 Å². The lowest BCUT2D eigenvalue weighted by atomic mass is 10.1. The molecule has 19 heavy (non-hydrogen) atoms. The van der Waals surface area contributed by atoms with Crippen molar-refractivity contribution in [3.63, 3.8) is 0 Å². The highest BCUT2D eigenvalue weighted by Crippen LogP contribution is 2.46. The molecule has 0 aromatic heterocycles. The number of ether oxygens (including phenoxy) is 1. The van der Waals surface area contributed by atoms with E-state index >= 15 is 0 Å². The zero-order chi connectivity index (χ0) is 15.0. The smallest absolute Gasteiger partial charge is 0.420 e. The average molecular weight is 359 g/mol. The van der Waals surface area contributed by atoms with E-state index in [1.54, 1.807) is 0 Å². The summed E-state index contributed by atoms with van der Waals surface area (Å²) in [5.74, 6) is -1.95. The topological polar surface area (TPSA) is 9.23 Å². The summed E-state index contributed by atoms with van der Waals surface area (Å²) in [4.78, 5) is 0. The van der Waals surface area contributed by atoms with Crippen molar-refractivity contribution in [2.45, 2.75) is 19.0 Å². The Morgan fingerprint density at radius 3 is 1.53 bits per heavy atom. The molecule has 0 saturated carbocycles. The van der Waals surface area contributed by atoms with E-state index in [-0.39, 0.29) is 12.1 Å². The van der Waals surface area contributed by atoms with Gasteiger partial charge in [-0.25, -0.2) is 0 Å². The molecule has 0 bridgehead atoms. The van der Waals surface area contributed by atoms with Crippen molar-refractivity contribution >= 4 is 15.9 Å². The van der Waals surface area contributed by atoms with Gasteiger partial charge in [-0.15, -0.1) is 0 Å². The molecule has 1 nitrogen and oxygen atoms in total. The first-order valence-corrected chi connectivity index (χ1v) is 5.15. The van der Waals surface area contributed by atoms with Crippen LogP contribution in [0.3, 0.4) is 0 Å². The summed E-state index contributed by atoms with van der Waals surface area (Å²) in [5, 5.41) is 0. The van der Waals surface area contributed by atoms with E-state index < -0.39 is 40.3 Å². The van der Waals surface area contributed by atoms with Crippen molar-refractivity contribution in [1.82, 2.24) is 0 Å². The van der Waals surface area contributed by atoms with Crippen LogP contribution in [0.15, 0.2) is 16.6 Å². The number of hydrogen-bond acceptors (Lipinski definition) is 1. The van der Waals surface area contributed by atoms with Crippen LogP contribution in [0.2, 0.25) is 0 Å². The van der Waals surface area contributed by atoms with Crippen LogP contribution >= 0.6 is 15.9 Å². The van der Waals surface area contributed by atoms with Crippen molar-refractivity contribution in [3.05, 3.63) is 27.7 Å². The quantitative estimate of drug-likeness (QED) is 0.669. The van der Waals surface area contributed by atoms with Crippen molar-refractivity contribution in [1.29, 1.82) is 0 Å². The van der Waals surface area contributed by atoms with Gasteiger partial charge >= 0.3 is 19.0 Å². The van der Waals surface area contributed by atoms with Gasteiger partial charge in [-0.2, -0.15) is 35.1 Å². The number of rotatable bonds is 2. The highest BCUT2D eigenvalue weighted by Gasteiger charge is 2.43. The Hall–Kier alpha value is -1.06. The molecular formula is C9H3BrF8O. The number of alkyl halides is 8. The van der Waals surface area contributed by atoms with E-state index in [0.717, 1.165) is 0 Å². The molecule has 108 valence electrons. The second-order valence-electron chi connectivity index (χ2n) is 3.20. The lowest BCUT2D eigenvalue weighted by molar-refractivity contribution is -0.150. The zero-order valence-corrected chi connectivity index (χ0v) is 10.1. The average Bonchev–Trinajstić information content (AvgIpc) is 2.16. The molecule has 0 N–H and O–H groups in total. The van der Waals surface area contributed by atoms with Crippen molar-refractivity contribution < 1.29 is 39.9 Å². The lowest BCUT2D eigenvalue weighted by Gasteiger charge is -2.19. The summed E-state index contributed by atoms with van der Waals surface area (Å²) in [6.07, 6.45) is -10.5. The third-order valence-electron chi connectivity index (χ3n) is 1.87. The summed E-state index contributed by atoms with van der Waals surface area (Å²) in [6.45, 7) is -3.82. The Kier molecular flexibility index (Phi) is 4.33. The Morgan fingerprint density at radius 2 is 1.26 bits per heavy atom. The van der Waals surface area contributed by atoms with Gasteiger partial charge in [0.05, 0.1) is 11.1 Å². The molecule has 0 aliphatic rings. The molecule has 0 aliphatic carbocycles. The normalized spacial score (nSPS) is 12.9. The minimum Gasteiger partial charge on any atom is -0.434 e. The van der Waals surface area contributed by atoms with Gasteiger partial charge in [0.1, 0.15) is 0 Å². The maximum atomic E-state index is 12.5. The van der Waals surface area contributed by atoms with E-state index in [1.165, 1.54) is 0 Å². The predicted molar refractivity (Wildman–Crippen MR) is 50.8 cm³/mol. The molecule has 0 radical (unpaired) electrons. The molecule has 0 saturated heterocycles. The first-order valence-electron chi connectivity index (χ1n) is 4.35. The molecule has 0 aliphatic heterocycles. The van der Waals surface area contributed by atoms with E-state index in [4.69, 9.17) is 0 Å². The Bertz CT molecular complexity index is 429. The van der Waals surface area contributed by atoms with Gasteiger partial charge in [-0.3, -0.25) is 0 Å². The molecule has 10 heteroatoms. The standard InChI is InChI=1S/C9H3BrF8O/c10-3-1-4(8(13,14)15)6(19-7(11)12)5(2-3)9(16,17)18/h1-2,7H. The van der Waals surface area contributed by atoms with Crippen LogP contribution in [0.1, 0.15) is 11.1 Å². The van der Waals surface area contributed by atoms with Gasteiger partial charge in [-0.05, 0) is 12.1 Å². The lowest BCUT2D eigenvalue weighted by Crippen LogP contribution is -2.17. The van der Waals surface area contributed by atoms with Gasteiger partial charge in [0.25, 0.3) is 0 Å². The predicted octanol–water partition coefficient (Wildman–Crippen LogP) is 5.09. The van der Waals surface area contributed by atoms with Crippen LogP contribution in [0, 0.1) is 0 Å². The molecule has 0 fully saturated rings. The zero-order valence-electron chi connectivity index (χ0n) is 8.54.